The SMILES string of the molecule is C=C1CO[C@@]2(OC)[C@H]3O[C@]34[C@H](OC(=O)C(O)(CO)CC(C)CC(C)CC)CC[C@H](C)[C@@]4(C)C[C@@H]12. The lowest BCUT2D eigenvalue weighted by atomic mass is 9.51. The highest BCUT2D eigenvalue weighted by molar-refractivity contribution is 5.79. The number of methoxy groups -OCH3 is 1. The number of carbonyl (C=O) groups is 1. The van der Waals surface area contributed by atoms with E-state index >= 15 is 0 Å². The molecule has 0 aromatic heterocycles. The van der Waals surface area contributed by atoms with Crippen molar-refractivity contribution in [2.75, 3.05) is 20.3 Å². The average Bonchev–Trinajstić information content (AvgIpc) is 3.50. The van der Waals surface area contributed by atoms with Gasteiger partial charge in [0.05, 0.1) is 13.2 Å². The summed E-state index contributed by atoms with van der Waals surface area (Å²) in [6.07, 6.45) is 3.45. The van der Waals surface area contributed by atoms with E-state index in [1.165, 1.54) is 0 Å². The van der Waals surface area contributed by atoms with E-state index in [4.69, 9.17) is 18.9 Å². The molecular formula is C27H44O7. The second kappa shape index (κ2) is 8.84. The van der Waals surface area contributed by atoms with Crippen LogP contribution in [0.3, 0.4) is 0 Å². The fraction of sp³-hybridized carbons (Fsp3) is 0.889. The van der Waals surface area contributed by atoms with Crippen molar-refractivity contribution in [2.24, 2.45) is 29.1 Å². The molecule has 2 saturated heterocycles. The summed E-state index contributed by atoms with van der Waals surface area (Å²) in [5.74, 6) is -0.753. The topological polar surface area (TPSA) is 97.8 Å². The standard InChI is InChI=1S/C27H44O7/c1-8-16(2)11-17(3)12-25(30,15-28)23(29)33-21-10-9-19(5)24(6)13-20-18(4)14-32-27(20,31-7)22-26(21,24)34-22/h16-17,19-22,28,30H,4,8-15H2,1-3,5-7H3/t16?,17?,19-,20-,21+,22-,24+,25?,26+,27+/m0/s1. The van der Waals surface area contributed by atoms with Crippen molar-refractivity contribution in [3.8, 4) is 0 Å². The van der Waals surface area contributed by atoms with Crippen LogP contribution in [0.2, 0.25) is 0 Å². The monoisotopic (exact) mass is 480 g/mol. The third-order valence-electron chi connectivity index (χ3n) is 9.82. The van der Waals surface area contributed by atoms with Gasteiger partial charge >= 0.3 is 5.97 Å². The first-order valence-electron chi connectivity index (χ1n) is 13.0. The van der Waals surface area contributed by atoms with Gasteiger partial charge in [-0.05, 0) is 55.4 Å². The van der Waals surface area contributed by atoms with Gasteiger partial charge in [0.25, 0.3) is 0 Å². The number of aliphatic hydroxyl groups excluding tert-OH is 1. The van der Waals surface area contributed by atoms with Gasteiger partial charge in [0.2, 0.25) is 5.79 Å². The molecule has 10 atom stereocenters. The Balaban J connectivity index is 1.57. The summed E-state index contributed by atoms with van der Waals surface area (Å²) in [7, 11) is 1.64. The maximum Gasteiger partial charge on any atom is 0.340 e. The fourth-order valence-corrected chi connectivity index (χ4v) is 7.35. The molecule has 2 N–H and O–H groups in total. The van der Waals surface area contributed by atoms with Crippen molar-refractivity contribution in [1.82, 2.24) is 0 Å². The molecule has 7 nitrogen and oxygen atoms in total. The zero-order valence-electron chi connectivity index (χ0n) is 21.8. The maximum absolute atomic E-state index is 13.3. The quantitative estimate of drug-likeness (QED) is 0.296. The third-order valence-corrected chi connectivity index (χ3v) is 9.82. The van der Waals surface area contributed by atoms with Crippen LogP contribution in [-0.4, -0.2) is 65.7 Å². The number of hydrogen-bond donors (Lipinski definition) is 2. The van der Waals surface area contributed by atoms with Crippen LogP contribution in [0.15, 0.2) is 12.2 Å². The Morgan fingerprint density at radius 1 is 1.32 bits per heavy atom. The van der Waals surface area contributed by atoms with Gasteiger partial charge in [-0.1, -0.05) is 47.6 Å². The molecule has 0 aromatic carbocycles. The number of carbonyl (C=O) groups excluding carboxylic acids is 1. The van der Waals surface area contributed by atoms with E-state index in [-0.39, 0.29) is 29.8 Å². The zero-order chi connectivity index (χ0) is 25.1. The predicted octanol–water partition coefficient (Wildman–Crippen LogP) is 3.61. The van der Waals surface area contributed by atoms with E-state index in [1.807, 2.05) is 6.92 Å². The van der Waals surface area contributed by atoms with Crippen LogP contribution in [0.1, 0.15) is 73.1 Å². The van der Waals surface area contributed by atoms with Crippen molar-refractivity contribution in [3.63, 3.8) is 0 Å². The maximum atomic E-state index is 13.3. The number of epoxide rings is 1. The summed E-state index contributed by atoms with van der Waals surface area (Å²) in [6.45, 7) is 14.7. The highest BCUT2D eigenvalue weighted by atomic mass is 16.8. The van der Waals surface area contributed by atoms with Crippen LogP contribution in [0.5, 0.6) is 0 Å². The van der Waals surface area contributed by atoms with E-state index in [2.05, 4.69) is 34.3 Å². The highest BCUT2D eigenvalue weighted by Crippen LogP contribution is 2.73. The van der Waals surface area contributed by atoms with Crippen molar-refractivity contribution in [3.05, 3.63) is 12.2 Å². The van der Waals surface area contributed by atoms with Crippen LogP contribution in [-0.2, 0) is 23.7 Å². The van der Waals surface area contributed by atoms with Crippen molar-refractivity contribution in [1.29, 1.82) is 0 Å². The Kier molecular flexibility index (Phi) is 6.78. The molecule has 1 spiro atoms. The highest BCUT2D eigenvalue weighted by Gasteiger charge is 2.85. The Labute approximate surface area is 204 Å². The van der Waals surface area contributed by atoms with E-state index in [1.54, 1.807) is 7.11 Å². The Hall–Kier alpha value is -0.990. The molecule has 2 heterocycles. The predicted molar refractivity (Wildman–Crippen MR) is 127 cm³/mol. The number of hydrogen-bond acceptors (Lipinski definition) is 7. The van der Waals surface area contributed by atoms with Crippen molar-refractivity contribution >= 4 is 5.97 Å². The first kappa shape index (κ1) is 26.1. The second-order valence-corrected chi connectivity index (χ2v) is 12.0. The van der Waals surface area contributed by atoms with Crippen LogP contribution in [0.4, 0.5) is 0 Å². The minimum Gasteiger partial charge on any atom is -0.457 e. The van der Waals surface area contributed by atoms with Crippen LogP contribution in [0.25, 0.3) is 0 Å². The van der Waals surface area contributed by atoms with Crippen LogP contribution in [0, 0.1) is 29.1 Å². The molecule has 2 aliphatic carbocycles. The Morgan fingerprint density at radius 2 is 2.03 bits per heavy atom. The molecule has 0 amide bonds. The summed E-state index contributed by atoms with van der Waals surface area (Å²) >= 11 is 0. The van der Waals surface area contributed by atoms with Gasteiger partial charge in [0.15, 0.2) is 5.60 Å². The number of esters is 1. The summed E-state index contributed by atoms with van der Waals surface area (Å²) in [4.78, 5) is 13.3. The van der Waals surface area contributed by atoms with E-state index in [0.29, 0.717) is 24.9 Å². The number of ether oxygens (including phenoxy) is 4. The van der Waals surface area contributed by atoms with Gasteiger partial charge in [0, 0.05) is 18.4 Å². The van der Waals surface area contributed by atoms with Gasteiger partial charge < -0.3 is 29.2 Å². The van der Waals surface area contributed by atoms with Crippen molar-refractivity contribution < 1.29 is 34.0 Å². The molecule has 2 aliphatic heterocycles. The molecule has 34 heavy (non-hydrogen) atoms. The third kappa shape index (κ3) is 3.61. The molecule has 0 radical (unpaired) electrons. The average molecular weight is 481 g/mol. The van der Waals surface area contributed by atoms with E-state index in [9.17, 15) is 15.0 Å². The molecule has 0 bridgehead atoms. The van der Waals surface area contributed by atoms with Gasteiger partial charge in [-0.3, -0.25) is 0 Å². The minimum absolute atomic E-state index is 0.0239. The van der Waals surface area contributed by atoms with Gasteiger partial charge in [0.1, 0.15) is 17.8 Å². The van der Waals surface area contributed by atoms with Gasteiger partial charge in [-0.25, -0.2) is 4.79 Å². The molecule has 3 unspecified atom stereocenters. The molecule has 4 rings (SSSR count). The first-order valence-corrected chi connectivity index (χ1v) is 13.0. The summed E-state index contributed by atoms with van der Waals surface area (Å²) < 4.78 is 24.7. The summed E-state index contributed by atoms with van der Waals surface area (Å²) in [5, 5.41) is 21.2. The smallest absolute Gasteiger partial charge is 0.340 e. The molecule has 7 heteroatoms. The lowest BCUT2D eigenvalue weighted by Crippen LogP contribution is -2.65. The van der Waals surface area contributed by atoms with Crippen LogP contribution >= 0.6 is 0 Å². The van der Waals surface area contributed by atoms with E-state index < -0.39 is 35.7 Å². The zero-order valence-corrected chi connectivity index (χ0v) is 21.8. The molecule has 0 aromatic rings. The molecule has 4 aliphatic rings. The number of aliphatic hydroxyl groups is 2. The summed E-state index contributed by atoms with van der Waals surface area (Å²) in [6, 6.07) is 0. The number of rotatable bonds is 9. The lowest BCUT2D eigenvalue weighted by molar-refractivity contribution is -0.248. The Morgan fingerprint density at radius 3 is 2.65 bits per heavy atom. The normalized spacial score (nSPS) is 44.3. The van der Waals surface area contributed by atoms with Crippen LogP contribution < -0.4 is 0 Å². The number of fused-ring (bicyclic) bond motifs is 2. The van der Waals surface area contributed by atoms with E-state index in [0.717, 1.165) is 31.3 Å². The first-order chi connectivity index (χ1) is 15.9. The second-order valence-electron chi connectivity index (χ2n) is 12.0. The largest absolute Gasteiger partial charge is 0.457 e. The molecule has 194 valence electrons. The fourth-order valence-electron chi connectivity index (χ4n) is 7.35. The molecular weight excluding hydrogens is 436 g/mol. The Bertz CT molecular complexity index is 815. The molecule has 4 fully saturated rings. The van der Waals surface area contributed by atoms with Gasteiger partial charge in [-0.2, -0.15) is 0 Å². The van der Waals surface area contributed by atoms with Crippen molar-refractivity contribution in [2.45, 2.75) is 102 Å². The van der Waals surface area contributed by atoms with Gasteiger partial charge in [-0.15, -0.1) is 0 Å². The summed E-state index contributed by atoms with van der Waals surface area (Å²) in [5.41, 5.74) is -1.91. The lowest BCUT2D eigenvalue weighted by Gasteiger charge is -2.54. The minimum atomic E-state index is -1.93. The molecule has 2 saturated carbocycles.